The number of quaternary nitrogens is 1. The summed E-state index contributed by atoms with van der Waals surface area (Å²) in [4.78, 5) is 19.2. The fourth-order valence-corrected chi connectivity index (χ4v) is 1.77. The molecule has 136 valence electrons. The number of benzene rings is 1. The average molecular weight is 376 g/mol. The van der Waals surface area contributed by atoms with Crippen LogP contribution in [0.4, 0.5) is 0 Å². The van der Waals surface area contributed by atoms with Gasteiger partial charge in [-0.3, -0.25) is 4.79 Å². The largest absolute Gasteiger partial charge is 1.00 e. The van der Waals surface area contributed by atoms with E-state index in [1.165, 1.54) is 4.90 Å². The lowest BCUT2D eigenvalue weighted by atomic mass is 10.0. The molecule has 0 saturated carbocycles. The lowest BCUT2D eigenvalue weighted by Gasteiger charge is -2.24. The third-order valence-electron chi connectivity index (χ3n) is 3.52. The molecule has 1 amide bonds. The van der Waals surface area contributed by atoms with Crippen LogP contribution in [0.2, 0.25) is 5.02 Å². The molecule has 0 aliphatic carbocycles. The first-order valence-corrected chi connectivity index (χ1v) is 8.20. The normalized spacial score (nSPS) is 11.9. The smallest absolute Gasteiger partial charge is 0.274 e. The van der Waals surface area contributed by atoms with E-state index in [4.69, 9.17) is 16.4 Å². The number of halogens is 2. The number of rotatable bonds is 8. The molecule has 5 nitrogen and oxygen atoms in total. The SMILES string of the molecule is CCC(C)(C)NC(=O)/C(=N/OCC[NH+](C)C)c1ccc(Cl)cc1.[Cl-]. The van der Waals surface area contributed by atoms with Crippen LogP contribution >= 0.6 is 11.6 Å². The Hall–Kier alpha value is -1.30. The number of carbonyl (C=O) groups excluding carboxylic acids is 1. The minimum Gasteiger partial charge on any atom is -1.00 e. The van der Waals surface area contributed by atoms with Gasteiger partial charge in [-0.1, -0.05) is 35.8 Å². The number of nitrogens with one attached hydrogen (secondary N) is 2. The molecule has 1 aromatic carbocycles. The lowest BCUT2D eigenvalue weighted by molar-refractivity contribution is -0.858. The molecule has 0 atom stereocenters. The third kappa shape index (κ3) is 7.99. The van der Waals surface area contributed by atoms with Gasteiger partial charge in [-0.2, -0.15) is 0 Å². The van der Waals surface area contributed by atoms with Crippen LogP contribution < -0.4 is 22.6 Å². The zero-order chi connectivity index (χ0) is 17.5. The Morgan fingerprint density at radius 1 is 1.29 bits per heavy atom. The van der Waals surface area contributed by atoms with Crippen molar-refractivity contribution in [2.75, 3.05) is 27.2 Å². The zero-order valence-electron chi connectivity index (χ0n) is 15.0. The van der Waals surface area contributed by atoms with Crippen LogP contribution in [0, 0.1) is 0 Å². The summed E-state index contributed by atoms with van der Waals surface area (Å²) in [5.74, 6) is -0.253. The van der Waals surface area contributed by atoms with E-state index in [0.29, 0.717) is 17.2 Å². The predicted octanol–water partition coefficient (Wildman–Crippen LogP) is -1.49. The van der Waals surface area contributed by atoms with Crippen LogP contribution in [0.5, 0.6) is 0 Å². The van der Waals surface area contributed by atoms with Gasteiger partial charge in [0, 0.05) is 16.1 Å². The summed E-state index contributed by atoms with van der Waals surface area (Å²) in [5.41, 5.74) is 0.630. The van der Waals surface area contributed by atoms with Crippen molar-refractivity contribution in [1.82, 2.24) is 5.32 Å². The first-order valence-electron chi connectivity index (χ1n) is 7.82. The average Bonchev–Trinajstić information content (AvgIpc) is 2.47. The van der Waals surface area contributed by atoms with Gasteiger partial charge in [0.05, 0.1) is 14.1 Å². The fraction of sp³-hybridized carbons (Fsp3) is 0.529. The maximum absolute atomic E-state index is 12.6. The molecular formula is C17H27Cl2N3O2. The second-order valence-corrected chi connectivity index (χ2v) is 6.87. The lowest BCUT2D eigenvalue weighted by Crippen LogP contribution is -3.06. The molecule has 24 heavy (non-hydrogen) atoms. The van der Waals surface area contributed by atoms with E-state index in [2.05, 4.69) is 10.5 Å². The van der Waals surface area contributed by atoms with Gasteiger partial charge in [0.15, 0.2) is 12.3 Å². The van der Waals surface area contributed by atoms with Gasteiger partial charge in [-0.05, 0) is 32.4 Å². The summed E-state index contributed by atoms with van der Waals surface area (Å²) in [7, 11) is 4.06. The van der Waals surface area contributed by atoms with Gasteiger partial charge in [0.2, 0.25) is 0 Å². The van der Waals surface area contributed by atoms with Gasteiger partial charge in [0.1, 0.15) is 6.54 Å². The minimum atomic E-state index is -0.307. The van der Waals surface area contributed by atoms with Crippen LogP contribution in [0.25, 0.3) is 0 Å². The van der Waals surface area contributed by atoms with Crippen molar-refractivity contribution in [3.05, 3.63) is 34.9 Å². The Morgan fingerprint density at radius 3 is 2.38 bits per heavy atom. The van der Waals surface area contributed by atoms with Crippen molar-refractivity contribution >= 4 is 23.2 Å². The van der Waals surface area contributed by atoms with E-state index in [0.717, 1.165) is 13.0 Å². The van der Waals surface area contributed by atoms with Crippen molar-refractivity contribution in [3.8, 4) is 0 Å². The van der Waals surface area contributed by atoms with Gasteiger partial charge in [-0.25, -0.2) is 0 Å². The van der Waals surface area contributed by atoms with E-state index < -0.39 is 0 Å². The Bertz CT molecular complexity index is 543. The van der Waals surface area contributed by atoms with Crippen LogP contribution in [0.1, 0.15) is 32.8 Å². The summed E-state index contributed by atoms with van der Waals surface area (Å²) < 4.78 is 0. The molecule has 0 aliphatic heterocycles. The number of amides is 1. The van der Waals surface area contributed by atoms with Crippen molar-refractivity contribution < 1.29 is 26.9 Å². The Balaban J connectivity index is 0.00000529. The molecule has 0 aromatic heterocycles. The summed E-state index contributed by atoms with van der Waals surface area (Å²) in [6.07, 6.45) is 0.817. The van der Waals surface area contributed by atoms with Gasteiger partial charge >= 0.3 is 0 Å². The van der Waals surface area contributed by atoms with Crippen LogP contribution in [-0.4, -0.2) is 44.4 Å². The topological polar surface area (TPSA) is 55.1 Å². The molecule has 0 bridgehead atoms. The standard InChI is InChI=1S/C17H26ClN3O2.ClH/c1-6-17(2,3)19-16(22)15(20-23-12-11-21(4)5)13-7-9-14(18)10-8-13;/h7-10H,6,11-12H2,1-5H3,(H,19,22);1H/b20-15+;. The van der Waals surface area contributed by atoms with Gasteiger partial charge in [-0.15, -0.1) is 0 Å². The Morgan fingerprint density at radius 2 is 1.88 bits per heavy atom. The number of nitrogens with zero attached hydrogens (tertiary/aromatic N) is 1. The van der Waals surface area contributed by atoms with E-state index >= 15 is 0 Å². The number of likely N-dealkylation sites (N-methyl/N-ethyl adjacent to an activating group) is 1. The van der Waals surface area contributed by atoms with E-state index in [1.54, 1.807) is 24.3 Å². The highest BCUT2D eigenvalue weighted by Gasteiger charge is 2.23. The molecule has 1 rings (SSSR count). The molecule has 0 radical (unpaired) electrons. The monoisotopic (exact) mass is 375 g/mol. The molecule has 0 fully saturated rings. The number of carbonyl (C=O) groups is 1. The second-order valence-electron chi connectivity index (χ2n) is 6.43. The molecule has 7 heteroatoms. The highest BCUT2D eigenvalue weighted by Crippen LogP contribution is 2.12. The van der Waals surface area contributed by atoms with E-state index in [9.17, 15) is 4.79 Å². The van der Waals surface area contributed by atoms with E-state index in [1.807, 2.05) is 34.9 Å². The van der Waals surface area contributed by atoms with Crippen molar-refractivity contribution in [1.29, 1.82) is 0 Å². The van der Waals surface area contributed by atoms with Crippen molar-refractivity contribution in [2.45, 2.75) is 32.7 Å². The van der Waals surface area contributed by atoms with Gasteiger partial charge < -0.3 is 27.5 Å². The first-order chi connectivity index (χ1) is 10.7. The van der Waals surface area contributed by atoms with Crippen LogP contribution in [-0.2, 0) is 9.63 Å². The Labute approximate surface area is 155 Å². The second kappa shape index (κ2) is 10.5. The number of hydrogen-bond donors (Lipinski definition) is 2. The number of oxime groups is 1. The van der Waals surface area contributed by atoms with Crippen molar-refractivity contribution in [3.63, 3.8) is 0 Å². The third-order valence-corrected chi connectivity index (χ3v) is 3.77. The summed E-state index contributed by atoms with van der Waals surface area (Å²) >= 11 is 5.91. The minimum absolute atomic E-state index is 0. The molecular weight excluding hydrogens is 349 g/mol. The fourth-order valence-electron chi connectivity index (χ4n) is 1.65. The summed E-state index contributed by atoms with van der Waals surface area (Å²) in [6.45, 7) is 7.22. The molecule has 2 N–H and O–H groups in total. The molecule has 0 heterocycles. The van der Waals surface area contributed by atoms with Crippen LogP contribution in [0.15, 0.2) is 29.4 Å². The highest BCUT2D eigenvalue weighted by atomic mass is 35.5. The summed E-state index contributed by atoms with van der Waals surface area (Å²) in [6, 6.07) is 6.99. The highest BCUT2D eigenvalue weighted by molar-refractivity contribution is 6.45. The van der Waals surface area contributed by atoms with E-state index in [-0.39, 0.29) is 29.6 Å². The summed E-state index contributed by atoms with van der Waals surface area (Å²) in [5, 5.41) is 7.65. The molecule has 1 aromatic rings. The quantitative estimate of drug-likeness (QED) is 0.330. The Kier molecular flexibility index (Phi) is 9.97. The number of hydrogen-bond acceptors (Lipinski definition) is 3. The maximum Gasteiger partial charge on any atom is 0.274 e. The molecule has 0 unspecified atom stereocenters. The molecule has 0 saturated heterocycles. The zero-order valence-corrected chi connectivity index (χ0v) is 16.5. The van der Waals surface area contributed by atoms with Crippen molar-refractivity contribution in [2.24, 2.45) is 5.16 Å². The first kappa shape index (κ1) is 22.7. The molecule has 0 spiro atoms. The molecule has 0 aliphatic rings. The van der Waals surface area contributed by atoms with Crippen LogP contribution in [0.3, 0.4) is 0 Å². The maximum atomic E-state index is 12.6. The van der Waals surface area contributed by atoms with Gasteiger partial charge in [0.25, 0.3) is 5.91 Å². The predicted molar refractivity (Wildman–Crippen MR) is 94.1 cm³/mol.